The lowest BCUT2D eigenvalue weighted by Crippen LogP contribution is -1.92. The molecule has 0 unspecified atom stereocenters. The Bertz CT molecular complexity index is 2130. The second-order valence-corrected chi connectivity index (χ2v) is 9.66. The van der Waals surface area contributed by atoms with Crippen LogP contribution < -0.4 is 0 Å². The van der Waals surface area contributed by atoms with Crippen molar-refractivity contribution in [3.8, 4) is 27.9 Å². The van der Waals surface area contributed by atoms with Crippen molar-refractivity contribution in [3.05, 3.63) is 134 Å². The Balaban J connectivity index is 1.27. The van der Waals surface area contributed by atoms with Crippen molar-refractivity contribution in [1.82, 2.24) is 9.55 Å². The molecule has 3 nitrogen and oxygen atoms in total. The van der Waals surface area contributed by atoms with E-state index < -0.39 is 0 Å². The second-order valence-electron chi connectivity index (χ2n) is 9.66. The number of furan rings is 1. The van der Waals surface area contributed by atoms with Crippen molar-refractivity contribution in [3.63, 3.8) is 0 Å². The third kappa shape index (κ3) is 3.19. The molecule has 3 aromatic heterocycles. The molecule has 3 heteroatoms. The monoisotopic (exact) mass is 486 g/mol. The minimum Gasteiger partial charge on any atom is -0.454 e. The molecular formula is C35H22N2O. The van der Waals surface area contributed by atoms with E-state index in [0.29, 0.717) is 0 Å². The fourth-order valence-corrected chi connectivity index (χ4v) is 5.66. The molecule has 0 aliphatic heterocycles. The van der Waals surface area contributed by atoms with Crippen LogP contribution in [-0.2, 0) is 0 Å². The van der Waals surface area contributed by atoms with E-state index in [1.807, 2.05) is 24.4 Å². The normalized spacial score (nSPS) is 11.7. The highest BCUT2D eigenvalue weighted by Crippen LogP contribution is 2.36. The van der Waals surface area contributed by atoms with Gasteiger partial charge in [-0.15, -0.1) is 0 Å². The zero-order chi connectivity index (χ0) is 25.1. The van der Waals surface area contributed by atoms with Gasteiger partial charge >= 0.3 is 0 Å². The lowest BCUT2D eigenvalue weighted by Gasteiger charge is -2.09. The topological polar surface area (TPSA) is 31.0 Å². The molecule has 0 fully saturated rings. The van der Waals surface area contributed by atoms with E-state index in [2.05, 4.69) is 119 Å². The number of para-hydroxylation sites is 2. The number of benzene rings is 5. The number of hydrogen-bond acceptors (Lipinski definition) is 2. The molecule has 0 radical (unpaired) electrons. The summed E-state index contributed by atoms with van der Waals surface area (Å²) in [6.45, 7) is 0. The number of nitrogens with zero attached hydrogens (tertiary/aromatic N) is 2. The van der Waals surface area contributed by atoms with Crippen LogP contribution in [0.25, 0.3) is 71.8 Å². The van der Waals surface area contributed by atoms with Crippen LogP contribution in [0.1, 0.15) is 0 Å². The van der Waals surface area contributed by atoms with Crippen LogP contribution in [0, 0.1) is 0 Å². The summed E-state index contributed by atoms with van der Waals surface area (Å²) in [6.07, 6.45) is 1.81. The van der Waals surface area contributed by atoms with Crippen molar-refractivity contribution < 1.29 is 4.42 Å². The minimum atomic E-state index is 0.816. The molecule has 0 saturated carbocycles. The van der Waals surface area contributed by atoms with E-state index >= 15 is 0 Å². The van der Waals surface area contributed by atoms with Crippen LogP contribution in [0.15, 0.2) is 138 Å². The Morgan fingerprint density at radius 1 is 0.474 bits per heavy atom. The average molecular weight is 487 g/mol. The maximum Gasteiger partial charge on any atom is 0.153 e. The molecule has 8 aromatic rings. The third-order valence-corrected chi connectivity index (χ3v) is 7.44. The summed E-state index contributed by atoms with van der Waals surface area (Å²) in [7, 11) is 0. The highest BCUT2D eigenvalue weighted by molar-refractivity contribution is 6.10. The Morgan fingerprint density at radius 3 is 2.05 bits per heavy atom. The molecule has 178 valence electrons. The van der Waals surface area contributed by atoms with Crippen molar-refractivity contribution in [1.29, 1.82) is 0 Å². The molecule has 0 spiro atoms. The van der Waals surface area contributed by atoms with Crippen molar-refractivity contribution in [2.24, 2.45) is 0 Å². The SMILES string of the molecule is c1ccc(-n2c3ccccc3c3cc(-c4cccc(-c5ccc6oc7cccnc7c6c5)c4)ccc32)cc1. The van der Waals surface area contributed by atoms with E-state index in [9.17, 15) is 0 Å². The molecule has 38 heavy (non-hydrogen) atoms. The smallest absolute Gasteiger partial charge is 0.153 e. The molecule has 0 N–H and O–H groups in total. The van der Waals surface area contributed by atoms with Gasteiger partial charge < -0.3 is 8.98 Å². The maximum atomic E-state index is 5.98. The molecule has 3 heterocycles. The first-order valence-electron chi connectivity index (χ1n) is 12.8. The summed E-state index contributed by atoms with van der Waals surface area (Å²) in [5.74, 6) is 0. The average Bonchev–Trinajstić information content (AvgIpc) is 3.53. The standard InChI is InChI=1S/C35H22N2O/c1-2-10-27(11-3-1)37-31-13-5-4-12-28(31)29-21-25(15-17-32(29)37)23-8-6-9-24(20-23)26-16-18-33-30(22-26)35-34(38-33)14-7-19-36-35/h1-22H. The van der Waals surface area contributed by atoms with Crippen molar-refractivity contribution in [2.75, 3.05) is 0 Å². The van der Waals surface area contributed by atoms with Gasteiger partial charge in [-0.25, -0.2) is 0 Å². The van der Waals surface area contributed by atoms with E-state index in [1.54, 1.807) is 0 Å². The number of aromatic nitrogens is 2. The van der Waals surface area contributed by atoms with Gasteiger partial charge in [0.2, 0.25) is 0 Å². The highest BCUT2D eigenvalue weighted by atomic mass is 16.3. The van der Waals surface area contributed by atoms with Gasteiger partial charge in [0.1, 0.15) is 11.1 Å². The van der Waals surface area contributed by atoms with Crippen LogP contribution >= 0.6 is 0 Å². The first-order chi connectivity index (χ1) is 18.8. The lowest BCUT2D eigenvalue weighted by atomic mass is 9.97. The summed E-state index contributed by atoms with van der Waals surface area (Å²) in [6, 6.07) is 45.0. The van der Waals surface area contributed by atoms with Gasteiger partial charge in [0.15, 0.2) is 5.58 Å². The molecule has 5 aromatic carbocycles. The fraction of sp³-hybridized carbons (Fsp3) is 0. The van der Waals surface area contributed by atoms with Gasteiger partial charge in [-0.2, -0.15) is 0 Å². The van der Waals surface area contributed by atoms with Gasteiger partial charge in [-0.05, 0) is 82.9 Å². The van der Waals surface area contributed by atoms with Crippen LogP contribution in [0.4, 0.5) is 0 Å². The highest BCUT2D eigenvalue weighted by Gasteiger charge is 2.14. The van der Waals surface area contributed by atoms with Gasteiger partial charge in [0.05, 0.1) is 11.0 Å². The van der Waals surface area contributed by atoms with Gasteiger partial charge in [-0.3, -0.25) is 4.98 Å². The second kappa shape index (κ2) is 8.19. The lowest BCUT2D eigenvalue weighted by molar-refractivity contribution is 0.668. The molecule has 8 rings (SSSR count). The van der Waals surface area contributed by atoms with Gasteiger partial charge in [-0.1, -0.05) is 66.7 Å². The summed E-state index contributed by atoms with van der Waals surface area (Å²) < 4.78 is 8.33. The Hall–Kier alpha value is -5.15. The van der Waals surface area contributed by atoms with Crippen LogP contribution in [0.5, 0.6) is 0 Å². The number of pyridine rings is 1. The molecule has 0 bridgehead atoms. The Morgan fingerprint density at radius 2 is 1.18 bits per heavy atom. The first-order valence-corrected chi connectivity index (χ1v) is 12.8. The number of rotatable bonds is 3. The molecule has 0 atom stereocenters. The Kier molecular flexibility index (Phi) is 4.52. The van der Waals surface area contributed by atoms with E-state index in [0.717, 1.165) is 27.6 Å². The predicted octanol–water partition coefficient (Wildman–Crippen LogP) is 9.41. The van der Waals surface area contributed by atoms with Crippen LogP contribution in [-0.4, -0.2) is 9.55 Å². The van der Waals surface area contributed by atoms with Crippen molar-refractivity contribution in [2.45, 2.75) is 0 Å². The molecule has 0 saturated heterocycles. The summed E-state index contributed by atoms with van der Waals surface area (Å²) in [5.41, 5.74) is 10.9. The molecule has 0 aliphatic rings. The van der Waals surface area contributed by atoms with Crippen LogP contribution in [0.3, 0.4) is 0 Å². The van der Waals surface area contributed by atoms with E-state index in [-0.39, 0.29) is 0 Å². The zero-order valence-corrected chi connectivity index (χ0v) is 20.5. The third-order valence-electron chi connectivity index (χ3n) is 7.44. The first kappa shape index (κ1) is 21.0. The maximum absolute atomic E-state index is 5.98. The molecule has 0 aliphatic carbocycles. The predicted molar refractivity (Wildman–Crippen MR) is 157 cm³/mol. The Labute approximate surface area is 219 Å². The van der Waals surface area contributed by atoms with Crippen LogP contribution in [0.2, 0.25) is 0 Å². The number of fused-ring (bicyclic) bond motifs is 6. The largest absolute Gasteiger partial charge is 0.454 e. The quantitative estimate of drug-likeness (QED) is 0.249. The summed E-state index contributed by atoms with van der Waals surface area (Å²) in [4.78, 5) is 4.55. The summed E-state index contributed by atoms with van der Waals surface area (Å²) >= 11 is 0. The van der Waals surface area contributed by atoms with Gasteiger partial charge in [0, 0.05) is 28.0 Å². The minimum absolute atomic E-state index is 0.816. The van der Waals surface area contributed by atoms with E-state index in [1.165, 1.54) is 44.2 Å². The van der Waals surface area contributed by atoms with E-state index in [4.69, 9.17) is 4.42 Å². The molecular weight excluding hydrogens is 464 g/mol. The van der Waals surface area contributed by atoms with Gasteiger partial charge in [0.25, 0.3) is 0 Å². The van der Waals surface area contributed by atoms with Crippen molar-refractivity contribution >= 4 is 43.9 Å². The zero-order valence-electron chi connectivity index (χ0n) is 20.5. The number of hydrogen-bond donors (Lipinski definition) is 0. The fourth-order valence-electron chi connectivity index (χ4n) is 5.66. The molecule has 0 amide bonds. The summed E-state index contributed by atoms with van der Waals surface area (Å²) in [5, 5.41) is 3.55.